The fourth-order valence-corrected chi connectivity index (χ4v) is 1.38. The predicted molar refractivity (Wildman–Crippen MR) is 58.1 cm³/mol. The van der Waals surface area contributed by atoms with Crippen LogP contribution in [-0.2, 0) is 0 Å². The van der Waals surface area contributed by atoms with Gasteiger partial charge in [-0.2, -0.15) is 0 Å². The number of carbonyl (C=O) groups excluding carboxylic acids is 1. The summed E-state index contributed by atoms with van der Waals surface area (Å²) in [6.45, 7) is 1.64. The second-order valence-corrected chi connectivity index (χ2v) is 4.01. The average Bonchev–Trinajstić information content (AvgIpc) is 2.18. The Bertz CT molecular complexity index is 368. The molecule has 2 N–H and O–H groups in total. The zero-order valence-corrected chi connectivity index (χ0v) is 9.71. The third-order valence-corrected chi connectivity index (χ3v) is 2.37. The number of benzene rings is 1. The molecule has 5 heteroatoms. The highest BCUT2D eigenvalue weighted by atomic mass is 79.9. The van der Waals surface area contributed by atoms with E-state index >= 15 is 0 Å². The first-order valence-corrected chi connectivity index (χ1v) is 5.22. The molecular formula is C10H11BrFNO2. The Morgan fingerprint density at radius 3 is 2.93 bits per heavy atom. The number of hydrogen-bond acceptors (Lipinski definition) is 2. The lowest BCUT2D eigenvalue weighted by Gasteiger charge is -2.08. The maximum atomic E-state index is 13.4. The third-order valence-electron chi connectivity index (χ3n) is 1.75. The summed E-state index contributed by atoms with van der Waals surface area (Å²) < 4.78 is 13.6. The molecular weight excluding hydrogens is 265 g/mol. The molecule has 0 radical (unpaired) electrons. The first-order valence-electron chi connectivity index (χ1n) is 4.42. The van der Waals surface area contributed by atoms with E-state index in [1.165, 1.54) is 19.1 Å². The van der Waals surface area contributed by atoms with Gasteiger partial charge in [0.05, 0.1) is 16.1 Å². The quantitative estimate of drug-likeness (QED) is 0.882. The van der Waals surface area contributed by atoms with Crippen LogP contribution >= 0.6 is 15.9 Å². The van der Waals surface area contributed by atoms with Gasteiger partial charge in [-0.1, -0.05) is 6.07 Å². The molecule has 0 aliphatic carbocycles. The highest BCUT2D eigenvalue weighted by Crippen LogP contribution is 2.18. The maximum absolute atomic E-state index is 13.4. The van der Waals surface area contributed by atoms with Gasteiger partial charge in [0, 0.05) is 6.54 Å². The first-order chi connectivity index (χ1) is 7.02. The van der Waals surface area contributed by atoms with Gasteiger partial charge in [-0.05, 0) is 35.0 Å². The molecule has 0 saturated carbocycles. The van der Waals surface area contributed by atoms with Crippen molar-refractivity contribution in [3.63, 3.8) is 0 Å². The van der Waals surface area contributed by atoms with Gasteiger partial charge in [-0.15, -0.1) is 0 Å². The van der Waals surface area contributed by atoms with Crippen molar-refractivity contribution in [2.45, 2.75) is 13.0 Å². The number of rotatable bonds is 3. The molecule has 1 amide bonds. The van der Waals surface area contributed by atoms with Crippen LogP contribution in [0.3, 0.4) is 0 Å². The maximum Gasteiger partial charge on any atom is 0.254 e. The standard InChI is InChI=1S/C10H11BrFNO2/c1-6(14)5-13-10(15)7-3-2-4-8(11)9(7)12/h2-4,6,14H,5H2,1H3,(H,13,15). The molecule has 0 bridgehead atoms. The highest BCUT2D eigenvalue weighted by molar-refractivity contribution is 9.10. The minimum absolute atomic E-state index is 0.0370. The van der Waals surface area contributed by atoms with Crippen LogP contribution in [0, 0.1) is 5.82 Å². The number of amides is 1. The second kappa shape index (κ2) is 5.23. The zero-order chi connectivity index (χ0) is 11.4. The minimum Gasteiger partial charge on any atom is -0.392 e. The van der Waals surface area contributed by atoms with E-state index < -0.39 is 17.8 Å². The van der Waals surface area contributed by atoms with Crippen molar-refractivity contribution in [1.82, 2.24) is 5.32 Å². The molecule has 15 heavy (non-hydrogen) atoms. The number of halogens is 2. The first kappa shape index (κ1) is 12.1. The van der Waals surface area contributed by atoms with Crippen molar-refractivity contribution >= 4 is 21.8 Å². The smallest absolute Gasteiger partial charge is 0.254 e. The summed E-state index contributed by atoms with van der Waals surface area (Å²) >= 11 is 2.99. The monoisotopic (exact) mass is 275 g/mol. The molecule has 0 aliphatic heterocycles. The molecule has 1 aromatic carbocycles. The van der Waals surface area contributed by atoms with Crippen LogP contribution < -0.4 is 5.32 Å². The normalized spacial score (nSPS) is 12.3. The Morgan fingerprint density at radius 1 is 1.67 bits per heavy atom. The zero-order valence-electron chi connectivity index (χ0n) is 8.13. The molecule has 82 valence electrons. The van der Waals surface area contributed by atoms with Crippen LogP contribution in [0.15, 0.2) is 22.7 Å². The summed E-state index contributed by atoms with van der Waals surface area (Å²) in [5, 5.41) is 11.4. The fourth-order valence-electron chi connectivity index (χ4n) is 1.01. The molecule has 0 fully saturated rings. The predicted octanol–water partition coefficient (Wildman–Crippen LogP) is 1.70. The SMILES string of the molecule is CC(O)CNC(=O)c1cccc(Br)c1F. The Morgan fingerprint density at radius 2 is 2.33 bits per heavy atom. The Labute approximate surface area is 95.4 Å². The van der Waals surface area contributed by atoms with Crippen molar-refractivity contribution < 1.29 is 14.3 Å². The van der Waals surface area contributed by atoms with Crippen molar-refractivity contribution in [3.8, 4) is 0 Å². The molecule has 0 spiro atoms. The molecule has 0 aromatic heterocycles. The highest BCUT2D eigenvalue weighted by Gasteiger charge is 2.13. The van der Waals surface area contributed by atoms with Gasteiger partial charge in [0.1, 0.15) is 5.82 Å². The van der Waals surface area contributed by atoms with E-state index in [2.05, 4.69) is 21.2 Å². The van der Waals surface area contributed by atoms with Crippen LogP contribution in [0.2, 0.25) is 0 Å². The molecule has 0 heterocycles. The number of aliphatic hydroxyl groups is 1. The van der Waals surface area contributed by atoms with Crippen molar-refractivity contribution in [3.05, 3.63) is 34.1 Å². The van der Waals surface area contributed by atoms with E-state index in [1.54, 1.807) is 6.07 Å². The van der Waals surface area contributed by atoms with E-state index in [4.69, 9.17) is 5.11 Å². The van der Waals surface area contributed by atoms with Gasteiger partial charge in [0.25, 0.3) is 5.91 Å². The third kappa shape index (κ3) is 3.28. The molecule has 1 aromatic rings. The van der Waals surface area contributed by atoms with Crippen LogP contribution in [-0.4, -0.2) is 23.7 Å². The summed E-state index contributed by atoms with van der Waals surface area (Å²) in [4.78, 5) is 11.4. The Kier molecular flexibility index (Phi) is 4.23. The number of aliphatic hydroxyl groups excluding tert-OH is 1. The lowest BCUT2D eigenvalue weighted by atomic mass is 10.2. The Hall–Kier alpha value is -0.940. The van der Waals surface area contributed by atoms with Crippen LogP contribution in [0.1, 0.15) is 17.3 Å². The van der Waals surface area contributed by atoms with E-state index in [1.807, 2.05) is 0 Å². The molecule has 3 nitrogen and oxygen atoms in total. The van der Waals surface area contributed by atoms with Crippen molar-refractivity contribution in [1.29, 1.82) is 0 Å². The lowest BCUT2D eigenvalue weighted by molar-refractivity contribution is 0.0920. The molecule has 0 aliphatic rings. The van der Waals surface area contributed by atoms with E-state index in [0.717, 1.165) is 0 Å². The number of hydrogen-bond donors (Lipinski definition) is 2. The average molecular weight is 276 g/mol. The lowest BCUT2D eigenvalue weighted by Crippen LogP contribution is -2.31. The van der Waals surface area contributed by atoms with Gasteiger partial charge in [0.15, 0.2) is 0 Å². The second-order valence-electron chi connectivity index (χ2n) is 3.16. The number of nitrogens with one attached hydrogen (secondary N) is 1. The molecule has 1 atom stereocenters. The van der Waals surface area contributed by atoms with E-state index in [0.29, 0.717) is 0 Å². The summed E-state index contributed by atoms with van der Waals surface area (Å²) in [6.07, 6.45) is -0.649. The van der Waals surface area contributed by atoms with Crippen molar-refractivity contribution in [2.75, 3.05) is 6.54 Å². The van der Waals surface area contributed by atoms with Crippen molar-refractivity contribution in [2.24, 2.45) is 0 Å². The molecule has 1 unspecified atom stereocenters. The van der Waals surface area contributed by atoms with Gasteiger partial charge >= 0.3 is 0 Å². The van der Waals surface area contributed by atoms with Crippen LogP contribution in [0.5, 0.6) is 0 Å². The van der Waals surface area contributed by atoms with E-state index in [9.17, 15) is 9.18 Å². The molecule has 0 saturated heterocycles. The van der Waals surface area contributed by atoms with Crippen LogP contribution in [0.25, 0.3) is 0 Å². The topological polar surface area (TPSA) is 49.3 Å². The van der Waals surface area contributed by atoms with Gasteiger partial charge in [-0.3, -0.25) is 4.79 Å². The van der Waals surface area contributed by atoms with E-state index in [-0.39, 0.29) is 16.6 Å². The summed E-state index contributed by atoms with van der Waals surface area (Å²) in [5.41, 5.74) is -0.0370. The van der Waals surface area contributed by atoms with Gasteiger partial charge < -0.3 is 10.4 Å². The summed E-state index contributed by atoms with van der Waals surface area (Å²) in [7, 11) is 0. The number of carbonyl (C=O) groups is 1. The Balaban J connectivity index is 2.78. The van der Waals surface area contributed by atoms with Crippen LogP contribution in [0.4, 0.5) is 4.39 Å². The largest absolute Gasteiger partial charge is 0.392 e. The van der Waals surface area contributed by atoms with Gasteiger partial charge in [0.2, 0.25) is 0 Å². The summed E-state index contributed by atoms with van der Waals surface area (Å²) in [5.74, 6) is -1.13. The minimum atomic E-state index is -0.649. The van der Waals surface area contributed by atoms with Gasteiger partial charge in [-0.25, -0.2) is 4.39 Å². The summed E-state index contributed by atoms with van der Waals surface area (Å²) in [6, 6.07) is 4.47. The fraction of sp³-hybridized carbons (Fsp3) is 0.300. The molecule has 1 rings (SSSR count).